The van der Waals surface area contributed by atoms with Gasteiger partial charge in [0.1, 0.15) is 0 Å². The molecular weight excluding hydrogens is 1680 g/mol. The number of carbonyl (C=O) groups is 4. The van der Waals surface area contributed by atoms with Crippen LogP contribution in [0, 0.1) is 0 Å². The summed E-state index contributed by atoms with van der Waals surface area (Å²) in [4.78, 5) is 50.8. The van der Waals surface area contributed by atoms with E-state index >= 15 is 0 Å². The van der Waals surface area contributed by atoms with Crippen LogP contribution >= 0.6 is 0 Å². The van der Waals surface area contributed by atoms with Gasteiger partial charge in [0.25, 0.3) is 0 Å². The maximum absolute atomic E-state index is 12.7. The Bertz CT molecular complexity index is 5300. The van der Waals surface area contributed by atoms with Gasteiger partial charge in [-0.1, -0.05) is 461 Å². The zero-order valence-corrected chi connectivity index (χ0v) is 69.9. The molecule has 8 nitrogen and oxygen atoms in total. The van der Waals surface area contributed by atoms with Gasteiger partial charge in [0, 0.05) is 43.3 Å². The van der Waals surface area contributed by atoms with Gasteiger partial charge in [-0.25, -0.2) is 0 Å². The molecular formula is C112H84O8Rh2. The van der Waals surface area contributed by atoms with E-state index in [0.717, 1.165) is 111 Å². The van der Waals surface area contributed by atoms with Gasteiger partial charge < -0.3 is 39.6 Å². The fourth-order valence-electron chi connectivity index (χ4n) is 19.8. The Morgan fingerprint density at radius 3 is 0.369 bits per heavy atom. The molecule has 4 fully saturated rings. The smallest absolute Gasteiger partial charge is 0.549 e. The van der Waals surface area contributed by atoms with E-state index in [2.05, 4.69) is 48.5 Å². The zero-order chi connectivity index (χ0) is 82.4. The van der Waals surface area contributed by atoms with Crippen LogP contribution in [0.25, 0.3) is 44.5 Å². The summed E-state index contributed by atoms with van der Waals surface area (Å²) < 4.78 is 0. The van der Waals surface area contributed by atoms with Gasteiger partial charge >= 0.3 is 39.0 Å². The van der Waals surface area contributed by atoms with Crippen LogP contribution in [0.2, 0.25) is 0 Å². The van der Waals surface area contributed by atoms with Crippen LogP contribution in [-0.2, 0) is 101 Å². The van der Waals surface area contributed by atoms with E-state index in [-0.39, 0.29) is 39.0 Å². The van der Waals surface area contributed by atoms with Crippen molar-refractivity contribution in [1.29, 1.82) is 0 Å². The maximum Gasteiger partial charge on any atom is 2.00 e. The molecule has 0 heterocycles. The first kappa shape index (κ1) is 83.7. The minimum absolute atomic E-state index is 0. The molecule has 122 heavy (non-hydrogen) atoms. The van der Waals surface area contributed by atoms with Crippen molar-refractivity contribution in [3.63, 3.8) is 0 Å². The summed E-state index contributed by atoms with van der Waals surface area (Å²) in [6.07, 6.45) is 1.95. The summed E-state index contributed by atoms with van der Waals surface area (Å²) in [6, 6.07) is 152. The second-order valence-corrected chi connectivity index (χ2v) is 31.8. The summed E-state index contributed by atoms with van der Waals surface area (Å²) in [5.74, 6) is -4.10. The second-order valence-electron chi connectivity index (χ2n) is 31.8. The molecule has 0 N–H and O–H groups in total. The summed E-state index contributed by atoms with van der Waals surface area (Å²) in [5.41, 5.74) is 13.0. The van der Waals surface area contributed by atoms with Crippen LogP contribution in [0.5, 0.6) is 0 Å². The molecule has 4 atom stereocenters. The van der Waals surface area contributed by atoms with Gasteiger partial charge in [-0.05, 0) is 137 Å². The van der Waals surface area contributed by atoms with Crippen molar-refractivity contribution < 1.29 is 78.6 Å². The minimum atomic E-state index is -1.09. The van der Waals surface area contributed by atoms with Crippen LogP contribution in [0.15, 0.2) is 461 Å². The van der Waals surface area contributed by atoms with Gasteiger partial charge in [0.15, 0.2) is 0 Å². The third kappa shape index (κ3) is 14.5. The molecule has 10 heteroatoms. The predicted octanol–water partition coefficient (Wildman–Crippen LogP) is 18.9. The summed E-state index contributed by atoms with van der Waals surface area (Å²) in [6.45, 7) is 0. The number of hydrogen-bond donors (Lipinski definition) is 0. The number of aliphatic carboxylic acids is 4. The summed E-state index contributed by atoms with van der Waals surface area (Å²) >= 11 is 0. The molecule has 0 aliphatic heterocycles. The second kappa shape index (κ2) is 35.1. The van der Waals surface area contributed by atoms with Gasteiger partial charge in [-0.15, -0.1) is 0 Å². The van der Waals surface area contributed by atoms with E-state index in [1.54, 1.807) is 0 Å². The first-order chi connectivity index (χ1) is 58.7. The molecule has 4 aliphatic carbocycles. The Hall–Kier alpha value is -13.4. The van der Waals surface area contributed by atoms with Crippen molar-refractivity contribution >= 4 is 23.9 Å². The monoisotopic (exact) mass is 1760 g/mol. The predicted molar refractivity (Wildman–Crippen MR) is 467 cm³/mol. The molecule has 598 valence electrons. The van der Waals surface area contributed by atoms with Crippen molar-refractivity contribution in [2.24, 2.45) is 0 Å². The molecule has 0 saturated heterocycles. The quantitative estimate of drug-likeness (QED) is 0.0682. The van der Waals surface area contributed by atoms with E-state index < -0.39 is 67.2 Å². The van der Waals surface area contributed by atoms with Gasteiger partial charge in [-0.2, -0.15) is 0 Å². The van der Waals surface area contributed by atoms with E-state index in [1.807, 2.05) is 413 Å². The molecule has 16 aromatic rings. The number of hydrogen-bond acceptors (Lipinski definition) is 8. The normalized spacial score (nSPS) is 18.9. The molecule has 0 bridgehead atoms. The average molecular weight is 1760 g/mol. The number of rotatable bonds is 20. The van der Waals surface area contributed by atoms with Crippen molar-refractivity contribution in [3.8, 4) is 44.5 Å². The third-order valence-electron chi connectivity index (χ3n) is 26.0. The molecule has 16 aromatic carbocycles. The summed E-state index contributed by atoms with van der Waals surface area (Å²) in [5, 5.41) is 50.8. The average Bonchev–Trinajstić information content (AvgIpc) is 1.52. The molecule has 0 amide bonds. The Morgan fingerprint density at radius 2 is 0.254 bits per heavy atom. The molecule has 4 aliphatic rings. The van der Waals surface area contributed by atoms with Crippen LogP contribution in [-0.4, -0.2) is 23.9 Å². The molecule has 0 unspecified atom stereocenters. The van der Waals surface area contributed by atoms with Crippen molar-refractivity contribution in [3.05, 3.63) is 528 Å². The topological polar surface area (TPSA) is 161 Å². The van der Waals surface area contributed by atoms with Gasteiger partial charge in [0.2, 0.25) is 0 Å². The van der Waals surface area contributed by atoms with E-state index in [4.69, 9.17) is 0 Å². The molecule has 20 rings (SSSR count). The molecule has 0 aromatic heterocycles. The first-order valence-corrected chi connectivity index (χ1v) is 40.7. The Kier molecular flexibility index (Phi) is 24.1. The SMILES string of the molecule is O=C([O-])[C@@]1(c2ccc(-c3ccccc3)cc2)CC1(c1ccccc1)c1ccccc1.O=C([O-])[C@@]1(c2ccc(-c3ccccc3)cc2)CC1(c1ccccc1)c1ccccc1.O=C([O-])[C@@]1(c2ccc(-c3ccccc3)cc2)CC1(c1ccccc1)c1ccccc1.O=C([O-])[C@@]1(c2ccc(-c3ccccc3)cc2)CC1(c1ccccc1)c1ccccc1.[Rh+2].[Rh+2]. The Labute approximate surface area is 738 Å². The fourth-order valence-corrected chi connectivity index (χ4v) is 19.8. The number of carbonyl (C=O) groups excluding carboxylic acids is 4. The Balaban J connectivity index is 0.000000126. The standard InChI is InChI=1S/4C28H22O2.2Rh/c4*29-26(30)28(25-18-16-22(17-19-25)21-10-4-1-5-11-21)20-27(28,23-12-6-2-7-13-23)24-14-8-3-9-15-24;;/h4*1-19H,20H2,(H,29,30);;/q;;;;2*+2/p-4/t4*28-;;/m0000../s1. The van der Waals surface area contributed by atoms with Crippen LogP contribution in [0.3, 0.4) is 0 Å². The third-order valence-corrected chi connectivity index (χ3v) is 26.0. The molecule has 0 spiro atoms. The van der Waals surface area contributed by atoms with E-state index in [0.29, 0.717) is 25.7 Å². The van der Waals surface area contributed by atoms with Crippen LogP contribution in [0.4, 0.5) is 0 Å². The minimum Gasteiger partial charge on any atom is -0.549 e. The van der Waals surface area contributed by atoms with Crippen molar-refractivity contribution in [2.75, 3.05) is 0 Å². The number of benzene rings is 16. The fraction of sp³-hybridized carbons (Fsp3) is 0.107. The zero-order valence-electron chi connectivity index (χ0n) is 66.6. The van der Waals surface area contributed by atoms with E-state index in [1.165, 1.54) is 0 Å². The van der Waals surface area contributed by atoms with Crippen LogP contribution in [0.1, 0.15) is 92.4 Å². The number of carboxylic acid groups (broad SMARTS) is 4. The molecule has 4 saturated carbocycles. The largest absolute Gasteiger partial charge is 2.00 e. The van der Waals surface area contributed by atoms with Gasteiger partial charge in [-0.3, -0.25) is 0 Å². The summed E-state index contributed by atoms with van der Waals surface area (Å²) in [7, 11) is 0. The van der Waals surface area contributed by atoms with Crippen molar-refractivity contribution in [2.45, 2.75) is 69.0 Å². The number of carboxylic acids is 4. The molecule has 2 radical (unpaired) electrons. The van der Waals surface area contributed by atoms with Gasteiger partial charge in [0.05, 0.1) is 23.9 Å². The maximum atomic E-state index is 12.7. The van der Waals surface area contributed by atoms with Crippen molar-refractivity contribution in [1.82, 2.24) is 0 Å². The van der Waals surface area contributed by atoms with E-state index in [9.17, 15) is 39.6 Å². The Morgan fingerprint density at radius 1 is 0.148 bits per heavy atom. The first-order valence-electron chi connectivity index (χ1n) is 40.7. The van der Waals surface area contributed by atoms with Crippen LogP contribution < -0.4 is 20.4 Å².